The van der Waals surface area contributed by atoms with Crippen molar-refractivity contribution in [2.75, 3.05) is 23.8 Å². The molecule has 6 nitrogen and oxygen atoms in total. The summed E-state index contributed by atoms with van der Waals surface area (Å²) in [4.78, 5) is 11.9. The lowest BCUT2D eigenvalue weighted by molar-refractivity contribution is 0.722. The van der Waals surface area contributed by atoms with E-state index in [-0.39, 0.29) is 0 Å². The molecule has 2 aromatic heterocycles. The largest absolute Gasteiger partial charge is 0.366 e. The number of hydrogen-bond donors (Lipinski definition) is 1. The van der Waals surface area contributed by atoms with Crippen molar-refractivity contribution in [3.63, 3.8) is 0 Å². The molecule has 0 spiro atoms. The molecule has 1 aromatic carbocycles. The van der Waals surface area contributed by atoms with Gasteiger partial charge in [-0.05, 0) is 24.5 Å². The fraction of sp³-hybridized carbons (Fsp3) is 0.316. The molecule has 0 unspecified atom stereocenters. The monoisotopic (exact) mass is 334 g/mol. The molecule has 0 radical (unpaired) electrons. The molecule has 0 bridgehead atoms. The highest BCUT2D eigenvalue weighted by molar-refractivity contribution is 5.66. The number of nitrogens with zero attached hydrogens (tertiary/aromatic N) is 5. The molecular weight excluding hydrogens is 312 g/mol. The highest BCUT2D eigenvalue weighted by atomic mass is 15.3. The Labute approximate surface area is 147 Å². The maximum atomic E-state index is 4.83. The summed E-state index contributed by atoms with van der Waals surface area (Å²) in [5.74, 6) is 2.66. The minimum Gasteiger partial charge on any atom is -0.366 e. The van der Waals surface area contributed by atoms with Crippen LogP contribution in [0, 0.1) is 0 Å². The number of anilines is 2. The van der Waals surface area contributed by atoms with Gasteiger partial charge < -0.3 is 10.2 Å². The van der Waals surface area contributed by atoms with Crippen LogP contribution in [0.15, 0.2) is 42.6 Å². The summed E-state index contributed by atoms with van der Waals surface area (Å²) in [7, 11) is 4.01. The summed E-state index contributed by atoms with van der Waals surface area (Å²) in [5, 5.41) is 7.77. The molecule has 0 saturated heterocycles. The molecule has 0 saturated carbocycles. The van der Waals surface area contributed by atoms with Crippen LogP contribution in [0.3, 0.4) is 0 Å². The Hall–Kier alpha value is -2.89. The van der Waals surface area contributed by atoms with Crippen LogP contribution in [-0.4, -0.2) is 33.3 Å². The summed E-state index contributed by atoms with van der Waals surface area (Å²) in [6, 6.07) is 12.3. The molecular formula is C19H22N6. The second-order valence-corrected chi connectivity index (χ2v) is 6.40. The summed E-state index contributed by atoms with van der Waals surface area (Å²) < 4.78 is 1.81. The summed E-state index contributed by atoms with van der Waals surface area (Å²) in [6.45, 7) is 1.77. The van der Waals surface area contributed by atoms with Gasteiger partial charge in [0.25, 0.3) is 0 Å². The van der Waals surface area contributed by atoms with Crippen LogP contribution in [0.2, 0.25) is 0 Å². The zero-order valence-electron chi connectivity index (χ0n) is 14.6. The van der Waals surface area contributed by atoms with Crippen molar-refractivity contribution >= 4 is 11.6 Å². The molecule has 0 aliphatic carbocycles. The maximum Gasteiger partial charge on any atom is 0.181 e. The van der Waals surface area contributed by atoms with Gasteiger partial charge in [0.1, 0.15) is 17.3 Å². The molecule has 25 heavy (non-hydrogen) atoms. The molecule has 3 heterocycles. The predicted molar refractivity (Wildman–Crippen MR) is 99.6 cm³/mol. The highest BCUT2D eigenvalue weighted by Crippen LogP contribution is 2.32. The van der Waals surface area contributed by atoms with Crippen LogP contribution in [0.5, 0.6) is 0 Å². The van der Waals surface area contributed by atoms with E-state index in [1.165, 1.54) is 11.1 Å². The first-order chi connectivity index (χ1) is 12.2. The number of aromatic nitrogens is 4. The number of hydrogen-bond acceptors (Lipinski definition) is 5. The van der Waals surface area contributed by atoms with E-state index in [1.807, 2.05) is 23.9 Å². The third-order valence-electron chi connectivity index (χ3n) is 4.62. The average Bonchev–Trinajstić information content (AvgIpc) is 3.07. The summed E-state index contributed by atoms with van der Waals surface area (Å²) in [6.07, 6.45) is 3.90. The van der Waals surface area contributed by atoms with Gasteiger partial charge >= 0.3 is 0 Å². The lowest BCUT2D eigenvalue weighted by atomic mass is 10.1. The first-order valence-corrected chi connectivity index (χ1v) is 8.60. The van der Waals surface area contributed by atoms with E-state index < -0.39 is 0 Å². The van der Waals surface area contributed by atoms with Gasteiger partial charge in [-0.2, -0.15) is 5.10 Å². The molecule has 6 heteroatoms. The van der Waals surface area contributed by atoms with Gasteiger partial charge in [-0.15, -0.1) is 0 Å². The molecule has 0 atom stereocenters. The average molecular weight is 334 g/mol. The third kappa shape index (κ3) is 3.07. The van der Waals surface area contributed by atoms with E-state index in [0.29, 0.717) is 5.82 Å². The zero-order chi connectivity index (χ0) is 17.2. The number of aryl methyl sites for hydroxylation is 1. The first-order valence-electron chi connectivity index (χ1n) is 8.60. The molecule has 0 fully saturated rings. The van der Waals surface area contributed by atoms with E-state index in [2.05, 4.69) is 46.6 Å². The SMILES string of the molecule is CN1CCCc2c(NCc3ccccc3)nc(-c3ccnn3C)nc21. The Morgan fingerprint density at radius 1 is 1.08 bits per heavy atom. The molecule has 1 aliphatic rings. The number of fused-ring (bicyclic) bond motifs is 1. The molecule has 0 amide bonds. The molecule has 1 N–H and O–H groups in total. The molecule has 1 aliphatic heterocycles. The number of benzene rings is 1. The van der Waals surface area contributed by atoms with Crippen molar-refractivity contribution in [1.82, 2.24) is 19.7 Å². The van der Waals surface area contributed by atoms with Crippen LogP contribution in [0.25, 0.3) is 11.5 Å². The van der Waals surface area contributed by atoms with Crippen molar-refractivity contribution in [1.29, 1.82) is 0 Å². The van der Waals surface area contributed by atoms with Gasteiger partial charge in [-0.3, -0.25) is 4.68 Å². The second-order valence-electron chi connectivity index (χ2n) is 6.40. The van der Waals surface area contributed by atoms with Crippen LogP contribution < -0.4 is 10.2 Å². The second kappa shape index (κ2) is 6.55. The summed E-state index contributed by atoms with van der Waals surface area (Å²) >= 11 is 0. The van der Waals surface area contributed by atoms with Crippen LogP contribution in [0.4, 0.5) is 11.6 Å². The van der Waals surface area contributed by atoms with E-state index in [4.69, 9.17) is 9.97 Å². The Kier molecular flexibility index (Phi) is 4.09. The molecule has 4 rings (SSSR count). The lowest BCUT2D eigenvalue weighted by Gasteiger charge is -2.28. The van der Waals surface area contributed by atoms with E-state index >= 15 is 0 Å². The minimum atomic E-state index is 0.711. The standard InChI is InChI=1S/C19H22N6/c1-24-12-6-9-15-17(20-13-14-7-4-3-5-8-14)22-18(23-19(15)24)16-10-11-21-25(16)2/h3-5,7-8,10-11H,6,9,12-13H2,1-2H3,(H,20,22,23). The Bertz CT molecular complexity index is 871. The fourth-order valence-electron chi connectivity index (χ4n) is 3.25. The van der Waals surface area contributed by atoms with Crippen LogP contribution in [0.1, 0.15) is 17.5 Å². The van der Waals surface area contributed by atoms with Crippen molar-refractivity contribution in [2.24, 2.45) is 7.05 Å². The normalized spacial score (nSPS) is 13.6. The van der Waals surface area contributed by atoms with Gasteiger partial charge in [0.05, 0.1) is 0 Å². The Morgan fingerprint density at radius 3 is 2.68 bits per heavy atom. The van der Waals surface area contributed by atoms with Gasteiger partial charge in [-0.25, -0.2) is 9.97 Å². The molecule has 128 valence electrons. The lowest BCUT2D eigenvalue weighted by Crippen LogP contribution is -2.27. The predicted octanol–water partition coefficient (Wildman–Crippen LogP) is 2.87. The van der Waals surface area contributed by atoms with Crippen molar-refractivity contribution < 1.29 is 0 Å². The van der Waals surface area contributed by atoms with Crippen LogP contribution >= 0.6 is 0 Å². The van der Waals surface area contributed by atoms with Gasteiger partial charge in [-0.1, -0.05) is 30.3 Å². The quantitative estimate of drug-likeness (QED) is 0.795. The minimum absolute atomic E-state index is 0.711. The Balaban J connectivity index is 1.73. The Morgan fingerprint density at radius 2 is 1.92 bits per heavy atom. The van der Waals surface area contributed by atoms with E-state index in [1.54, 1.807) is 6.20 Å². The first kappa shape index (κ1) is 15.6. The zero-order valence-corrected chi connectivity index (χ0v) is 14.6. The topological polar surface area (TPSA) is 58.9 Å². The van der Waals surface area contributed by atoms with E-state index in [0.717, 1.165) is 43.3 Å². The molecule has 3 aromatic rings. The highest BCUT2D eigenvalue weighted by Gasteiger charge is 2.22. The smallest absolute Gasteiger partial charge is 0.181 e. The van der Waals surface area contributed by atoms with Gasteiger partial charge in [0.15, 0.2) is 5.82 Å². The van der Waals surface area contributed by atoms with Gasteiger partial charge in [0, 0.05) is 38.9 Å². The van der Waals surface area contributed by atoms with Crippen LogP contribution in [-0.2, 0) is 20.0 Å². The summed E-state index contributed by atoms with van der Waals surface area (Å²) in [5.41, 5.74) is 3.36. The third-order valence-corrected chi connectivity index (χ3v) is 4.62. The fourth-order valence-corrected chi connectivity index (χ4v) is 3.25. The van der Waals surface area contributed by atoms with E-state index in [9.17, 15) is 0 Å². The number of nitrogens with one attached hydrogen (secondary N) is 1. The van der Waals surface area contributed by atoms with Crippen molar-refractivity contribution in [3.05, 3.63) is 53.7 Å². The van der Waals surface area contributed by atoms with Crippen molar-refractivity contribution in [2.45, 2.75) is 19.4 Å². The number of rotatable bonds is 4. The van der Waals surface area contributed by atoms with Gasteiger partial charge in [0.2, 0.25) is 0 Å². The van der Waals surface area contributed by atoms with Crippen molar-refractivity contribution in [3.8, 4) is 11.5 Å². The maximum absolute atomic E-state index is 4.83.